The van der Waals surface area contributed by atoms with Gasteiger partial charge in [-0.05, 0) is 30.9 Å². The fourth-order valence-corrected chi connectivity index (χ4v) is 1.46. The van der Waals surface area contributed by atoms with Crippen LogP contribution in [0.1, 0.15) is 17.4 Å². The van der Waals surface area contributed by atoms with E-state index in [2.05, 4.69) is 18.4 Å². The zero-order valence-corrected chi connectivity index (χ0v) is 7.61. The molecule has 0 saturated carbocycles. The molecule has 0 aliphatic rings. The second-order valence-corrected chi connectivity index (χ2v) is 3.29. The van der Waals surface area contributed by atoms with Crippen molar-refractivity contribution in [1.29, 1.82) is 0 Å². The molecule has 0 spiro atoms. The normalized spacial score (nSPS) is 10.4. The first kappa shape index (κ1) is 8.71. The molecule has 3 heteroatoms. The van der Waals surface area contributed by atoms with Gasteiger partial charge in [-0.3, -0.25) is 0 Å². The average molecular weight is 172 g/mol. The Labute approximate surface area is 70.7 Å². The quantitative estimate of drug-likeness (QED) is 0.395. The third-order valence-corrected chi connectivity index (χ3v) is 2.27. The highest BCUT2D eigenvalue weighted by Gasteiger charge is 1.98. The van der Waals surface area contributed by atoms with Gasteiger partial charge in [-0.25, -0.2) is 9.78 Å². The van der Waals surface area contributed by atoms with Gasteiger partial charge in [0.05, 0.1) is 6.61 Å². The van der Waals surface area contributed by atoms with Crippen LogP contribution in [-0.2, 0) is 16.4 Å². The van der Waals surface area contributed by atoms with Gasteiger partial charge in [-0.15, -0.1) is 11.3 Å². The van der Waals surface area contributed by atoms with E-state index < -0.39 is 0 Å². The molecule has 0 radical (unpaired) electrons. The number of hydrogen-bond donors (Lipinski definition) is 0. The monoisotopic (exact) mass is 172 g/mol. The molecule has 0 bridgehead atoms. The third kappa shape index (κ3) is 2.61. The van der Waals surface area contributed by atoms with Crippen molar-refractivity contribution < 1.29 is 9.78 Å². The van der Waals surface area contributed by atoms with Gasteiger partial charge in [0.15, 0.2) is 0 Å². The van der Waals surface area contributed by atoms with Crippen LogP contribution in [0, 0.1) is 6.92 Å². The molecule has 0 aliphatic heterocycles. The molecule has 2 nitrogen and oxygen atoms in total. The Balaban J connectivity index is 2.32. The molecule has 0 N–H and O–H groups in total. The van der Waals surface area contributed by atoms with Crippen LogP contribution < -0.4 is 0 Å². The maximum absolute atomic E-state index is 4.91. The van der Waals surface area contributed by atoms with Crippen LogP contribution in [0.15, 0.2) is 11.4 Å². The minimum Gasteiger partial charge on any atom is -0.237 e. The first-order valence-corrected chi connectivity index (χ1v) is 4.50. The standard InChI is InChI=1S/C8H12O2S/c1-3-9-10-6-8-4-5-11-7(8)2/h4-5H,3,6H2,1-2H3. The lowest BCUT2D eigenvalue weighted by Crippen LogP contribution is -1.94. The van der Waals surface area contributed by atoms with Crippen LogP contribution in [0.5, 0.6) is 0 Å². The number of thiophene rings is 1. The Morgan fingerprint density at radius 3 is 2.82 bits per heavy atom. The van der Waals surface area contributed by atoms with E-state index >= 15 is 0 Å². The van der Waals surface area contributed by atoms with Crippen LogP contribution in [-0.4, -0.2) is 6.61 Å². The van der Waals surface area contributed by atoms with Crippen LogP contribution in [0.4, 0.5) is 0 Å². The fraction of sp³-hybridized carbons (Fsp3) is 0.500. The van der Waals surface area contributed by atoms with Gasteiger partial charge in [0.25, 0.3) is 0 Å². The largest absolute Gasteiger partial charge is 0.237 e. The van der Waals surface area contributed by atoms with E-state index in [1.165, 1.54) is 10.4 Å². The molecule has 11 heavy (non-hydrogen) atoms. The second kappa shape index (κ2) is 4.49. The van der Waals surface area contributed by atoms with Gasteiger partial charge in [0, 0.05) is 4.88 Å². The van der Waals surface area contributed by atoms with Crippen LogP contribution in [0.2, 0.25) is 0 Å². The molecule has 0 aliphatic carbocycles. The summed E-state index contributed by atoms with van der Waals surface area (Å²) in [6.45, 7) is 5.14. The van der Waals surface area contributed by atoms with Gasteiger partial charge in [0.2, 0.25) is 0 Å². The SMILES string of the molecule is CCOOCc1ccsc1C. The summed E-state index contributed by atoms with van der Waals surface area (Å²) in [6, 6.07) is 2.05. The maximum atomic E-state index is 4.91. The molecular formula is C8H12O2S. The molecular weight excluding hydrogens is 160 g/mol. The minimum absolute atomic E-state index is 0.559. The van der Waals surface area contributed by atoms with Crippen molar-refractivity contribution in [2.75, 3.05) is 6.61 Å². The summed E-state index contributed by atoms with van der Waals surface area (Å²) in [5.74, 6) is 0. The summed E-state index contributed by atoms with van der Waals surface area (Å²) >= 11 is 1.73. The van der Waals surface area contributed by atoms with Gasteiger partial charge in [0.1, 0.15) is 6.61 Å². The van der Waals surface area contributed by atoms with Crippen molar-refractivity contribution >= 4 is 11.3 Å². The van der Waals surface area contributed by atoms with E-state index in [-0.39, 0.29) is 0 Å². The van der Waals surface area contributed by atoms with Crippen molar-refractivity contribution in [1.82, 2.24) is 0 Å². The van der Waals surface area contributed by atoms with Crippen LogP contribution >= 0.6 is 11.3 Å². The molecule has 0 fully saturated rings. The van der Waals surface area contributed by atoms with Gasteiger partial charge < -0.3 is 0 Å². The summed E-state index contributed by atoms with van der Waals surface area (Å²) in [6.07, 6.45) is 0. The minimum atomic E-state index is 0.559. The van der Waals surface area contributed by atoms with Crippen molar-refractivity contribution in [2.45, 2.75) is 20.5 Å². The van der Waals surface area contributed by atoms with Crippen molar-refractivity contribution in [3.05, 3.63) is 21.9 Å². The second-order valence-electron chi connectivity index (χ2n) is 2.17. The van der Waals surface area contributed by atoms with E-state index in [0.717, 1.165) is 0 Å². The maximum Gasteiger partial charge on any atom is 0.108 e. The van der Waals surface area contributed by atoms with Crippen molar-refractivity contribution in [2.24, 2.45) is 0 Å². The van der Waals surface area contributed by atoms with Crippen molar-refractivity contribution in [3.63, 3.8) is 0 Å². The molecule has 0 atom stereocenters. The number of rotatable bonds is 4. The lowest BCUT2D eigenvalue weighted by atomic mass is 10.3. The first-order valence-electron chi connectivity index (χ1n) is 3.62. The summed E-state index contributed by atoms with van der Waals surface area (Å²) in [5.41, 5.74) is 1.21. The summed E-state index contributed by atoms with van der Waals surface area (Å²) in [7, 11) is 0. The lowest BCUT2D eigenvalue weighted by Gasteiger charge is -1.99. The molecule has 62 valence electrons. The zero-order chi connectivity index (χ0) is 8.10. The van der Waals surface area contributed by atoms with E-state index in [1.807, 2.05) is 6.92 Å². The van der Waals surface area contributed by atoms with Gasteiger partial charge in [-0.1, -0.05) is 0 Å². The van der Waals surface area contributed by atoms with E-state index in [0.29, 0.717) is 13.2 Å². The Hall–Kier alpha value is -0.380. The highest BCUT2D eigenvalue weighted by molar-refractivity contribution is 7.10. The highest BCUT2D eigenvalue weighted by Crippen LogP contribution is 2.15. The topological polar surface area (TPSA) is 18.5 Å². The molecule has 0 saturated heterocycles. The summed E-state index contributed by atoms with van der Waals surface area (Å²) < 4.78 is 0. The summed E-state index contributed by atoms with van der Waals surface area (Å²) in [5, 5.41) is 2.06. The Kier molecular flexibility index (Phi) is 3.56. The molecule has 0 amide bonds. The first-order chi connectivity index (χ1) is 5.34. The van der Waals surface area contributed by atoms with Gasteiger partial charge >= 0.3 is 0 Å². The molecule has 0 aromatic carbocycles. The smallest absolute Gasteiger partial charge is 0.108 e. The third-order valence-electron chi connectivity index (χ3n) is 1.38. The van der Waals surface area contributed by atoms with E-state index in [9.17, 15) is 0 Å². The van der Waals surface area contributed by atoms with E-state index in [4.69, 9.17) is 9.78 Å². The lowest BCUT2D eigenvalue weighted by molar-refractivity contribution is -0.300. The van der Waals surface area contributed by atoms with Crippen molar-refractivity contribution in [3.8, 4) is 0 Å². The molecule has 1 aromatic rings. The predicted molar refractivity (Wildman–Crippen MR) is 45.5 cm³/mol. The Morgan fingerprint density at radius 2 is 2.27 bits per heavy atom. The van der Waals surface area contributed by atoms with Crippen LogP contribution in [0.3, 0.4) is 0 Å². The Bertz CT molecular complexity index is 208. The molecule has 1 rings (SSSR count). The van der Waals surface area contributed by atoms with E-state index in [1.54, 1.807) is 11.3 Å². The predicted octanol–water partition coefficient (Wildman–Crippen LogP) is 2.52. The zero-order valence-electron chi connectivity index (χ0n) is 6.79. The Morgan fingerprint density at radius 1 is 1.45 bits per heavy atom. The number of aryl methyl sites for hydroxylation is 1. The average Bonchev–Trinajstić information content (AvgIpc) is 2.37. The van der Waals surface area contributed by atoms with Gasteiger partial charge in [-0.2, -0.15) is 0 Å². The summed E-state index contributed by atoms with van der Waals surface area (Å²) in [4.78, 5) is 11.0. The molecule has 1 heterocycles. The molecule has 0 unspecified atom stereocenters. The highest BCUT2D eigenvalue weighted by atomic mass is 32.1. The van der Waals surface area contributed by atoms with Crippen LogP contribution in [0.25, 0.3) is 0 Å². The fourth-order valence-electron chi connectivity index (χ4n) is 0.749. The number of hydrogen-bond acceptors (Lipinski definition) is 3. The molecule has 1 aromatic heterocycles.